The van der Waals surface area contributed by atoms with Crippen LogP contribution in [-0.4, -0.2) is 32.8 Å². The van der Waals surface area contributed by atoms with Crippen LogP contribution in [0.5, 0.6) is 0 Å². The molecule has 3 rings (SSSR count). The Hall–Kier alpha value is -3.40. The number of rotatable bonds is 7. The molecule has 30 heavy (non-hydrogen) atoms. The second-order valence-electron chi connectivity index (χ2n) is 6.67. The van der Waals surface area contributed by atoms with Gasteiger partial charge in [-0.25, -0.2) is 14.2 Å². The molecule has 0 saturated carbocycles. The molecule has 9 nitrogen and oxygen atoms in total. The maximum Gasteiger partial charge on any atom is 0.348 e. The number of carboxylic acids is 1. The molecule has 0 saturated heterocycles. The number of aromatic nitrogens is 2. The Morgan fingerprint density at radius 2 is 1.83 bits per heavy atom. The predicted octanol–water partition coefficient (Wildman–Crippen LogP) is 1.62. The van der Waals surface area contributed by atoms with Gasteiger partial charge >= 0.3 is 17.6 Å². The van der Waals surface area contributed by atoms with E-state index >= 15 is 0 Å². The largest absolute Gasteiger partial charge is 0.480 e. The van der Waals surface area contributed by atoms with Crippen molar-refractivity contribution in [2.75, 3.05) is 12.3 Å². The number of carbonyl (C=O) groups excluding carboxylic acids is 1. The van der Waals surface area contributed by atoms with E-state index in [1.807, 2.05) is 12.1 Å². The molecular formula is C20H21N3O6S. The van der Waals surface area contributed by atoms with Crippen LogP contribution in [-0.2, 0) is 29.0 Å². The molecule has 0 radical (unpaired) electrons. The summed E-state index contributed by atoms with van der Waals surface area (Å²) < 4.78 is 7.08. The fraction of sp³-hybridized carbons (Fsp3) is 0.300. The average molecular weight is 431 g/mol. The Morgan fingerprint density at radius 3 is 2.43 bits per heavy atom. The first-order valence-corrected chi connectivity index (χ1v) is 10.1. The van der Waals surface area contributed by atoms with Gasteiger partial charge < -0.3 is 15.6 Å². The topological polar surface area (TPSA) is 134 Å². The summed E-state index contributed by atoms with van der Waals surface area (Å²) >= 11 is 1.000. The molecule has 3 aromatic rings. The van der Waals surface area contributed by atoms with Crippen LogP contribution in [0.2, 0.25) is 0 Å². The van der Waals surface area contributed by atoms with Crippen molar-refractivity contribution in [3.63, 3.8) is 0 Å². The van der Waals surface area contributed by atoms with Gasteiger partial charge in [0.2, 0.25) is 0 Å². The molecular weight excluding hydrogens is 410 g/mol. The summed E-state index contributed by atoms with van der Waals surface area (Å²) in [7, 11) is 0. The maximum absolute atomic E-state index is 13.0. The van der Waals surface area contributed by atoms with E-state index in [4.69, 9.17) is 15.6 Å². The van der Waals surface area contributed by atoms with Gasteiger partial charge in [-0.2, -0.15) is 0 Å². The van der Waals surface area contributed by atoms with Crippen LogP contribution in [0.3, 0.4) is 0 Å². The minimum atomic E-state index is -1.31. The summed E-state index contributed by atoms with van der Waals surface area (Å²) in [6.07, 6.45) is 0.451. The first-order valence-electron chi connectivity index (χ1n) is 9.24. The smallest absolute Gasteiger partial charge is 0.348 e. The first kappa shape index (κ1) is 21.3. The van der Waals surface area contributed by atoms with E-state index in [9.17, 15) is 19.2 Å². The summed E-state index contributed by atoms with van der Waals surface area (Å²) in [5, 5.41) is 9.31. The number of anilines is 1. The van der Waals surface area contributed by atoms with Gasteiger partial charge in [0.15, 0.2) is 0 Å². The Labute approximate surface area is 174 Å². The quantitative estimate of drug-likeness (QED) is 0.429. The minimum Gasteiger partial charge on any atom is -0.480 e. The Bertz CT molecular complexity index is 1240. The van der Waals surface area contributed by atoms with E-state index in [-0.39, 0.29) is 23.4 Å². The van der Waals surface area contributed by atoms with Crippen molar-refractivity contribution in [2.24, 2.45) is 0 Å². The summed E-state index contributed by atoms with van der Waals surface area (Å²) in [6.45, 7) is 2.86. The van der Waals surface area contributed by atoms with Crippen LogP contribution in [0.4, 0.5) is 5.69 Å². The zero-order valence-electron chi connectivity index (χ0n) is 16.5. The van der Waals surface area contributed by atoms with Gasteiger partial charge in [-0.05, 0) is 43.5 Å². The van der Waals surface area contributed by atoms with Crippen molar-refractivity contribution in [1.29, 1.82) is 0 Å². The number of ether oxygens (including phenoxy) is 1. The Balaban J connectivity index is 2.19. The van der Waals surface area contributed by atoms with Crippen LogP contribution in [0, 0.1) is 6.92 Å². The highest BCUT2D eigenvalue weighted by Crippen LogP contribution is 2.28. The number of carboxylic acid groups (broad SMARTS) is 1. The van der Waals surface area contributed by atoms with Crippen molar-refractivity contribution >= 4 is 39.2 Å². The number of carbonyl (C=O) groups is 2. The molecule has 0 aliphatic rings. The van der Waals surface area contributed by atoms with Gasteiger partial charge in [0.1, 0.15) is 16.3 Å². The lowest BCUT2D eigenvalue weighted by Crippen LogP contribution is -2.41. The van der Waals surface area contributed by atoms with E-state index in [1.54, 1.807) is 26.0 Å². The molecule has 0 bridgehead atoms. The minimum absolute atomic E-state index is 0.154. The third-order valence-corrected chi connectivity index (χ3v) is 5.95. The number of aliphatic carboxylic acids is 1. The number of nitrogens with two attached hydrogens (primary N) is 1. The maximum atomic E-state index is 13.0. The molecule has 0 fully saturated rings. The van der Waals surface area contributed by atoms with Crippen molar-refractivity contribution in [3.8, 4) is 0 Å². The number of aryl methyl sites for hydroxylation is 3. The Kier molecular flexibility index (Phi) is 6.06. The van der Waals surface area contributed by atoms with Crippen LogP contribution in [0.25, 0.3) is 10.2 Å². The van der Waals surface area contributed by atoms with Crippen molar-refractivity contribution in [3.05, 3.63) is 61.1 Å². The normalized spacial score (nSPS) is 11.0. The summed E-state index contributed by atoms with van der Waals surface area (Å²) in [6, 6.07) is 7.14. The van der Waals surface area contributed by atoms with Gasteiger partial charge in [0.25, 0.3) is 5.56 Å². The number of esters is 1. The molecule has 0 amide bonds. The van der Waals surface area contributed by atoms with Crippen molar-refractivity contribution in [1.82, 2.24) is 9.13 Å². The summed E-state index contributed by atoms with van der Waals surface area (Å²) in [5.41, 5.74) is 6.13. The van der Waals surface area contributed by atoms with Crippen molar-refractivity contribution in [2.45, 2.75) is 33.4 Å². The van der Waals surface area contributed by atoms with Crippen LogP contribution >= 0.6 is 11.3 Å². The zero-order chi connectivity index (χ0) is 22.0. The van der Waals surface area contributed by atoms with Crippen LogP contribution in [0.1, 0.15) is 27.7 Å². The van der Waals surface area contributed by atoms with E-state index in [0.29, 0.717) is 27.1 Å². The SMILES string of the molecule is CCOC(=O)c1sc2c(c1C)c(=O)n(CC(=O)O)c(=O)n2CCc1ccc(N)cc1. The third kappa shape index (κ3) is 3.99. The fourth-order valence-electron chi connectivity index (χ4n) is 3.18. The second-order valence-corrected chi connectivity index (χ2v) is 7.67. The molecule has 10 heteroatoms. The second kappa shape index (κ2) is 8.54. The highest BCUT2D eigenvalue weighted by atomic mass is 32.1. The highest BCUT2D eigenvalue weighted by Gasteiger charge is 2.24. The molecule has 1 aromatic carbocycles. The van der Waals surface area contributed by atoms with Gasteiger partial charge in [-0.15, -0.1) is 11.3 Å². The summed E-state index contributed by atoms with van der Waals surface area (Å²) in [5.74, 6) is -1.89. The monoisotopic (exact) mass is 431 g/mol. The summed E-state index contributed by atoms with van der Waals surface area (Å²) in [4.78, 5) is 49.9. The molecule has 2 heterocycles. The number of hydrogen-bond acceptors (Lipinski definition) is 7. The Morgan fingerprint density at radius 1 is 1.17 bits per heavy atom. The van der Waals surface area contributed by atoms with Gasteiger partial charge in [0, 0.05) is 12.2 Å². The average Bonchev–Trinajstić information content (AvgIpc) is 3.04. The van der Waals surface area contributed by atoms with E-state index < -0.39 is 29.7 Å². The third-order valence-electron chi connectivity index (χ3n) is 4.65. The highest BCUT2D eigenvalue weighted by molar-refractivity contribution is 7.20. The lowest BCUT2D eigenvalue weighted by atomic mass is 10.1. The van der Waals surface area contributed by atoms with Crippen LogP contribution in [0.15, 0.2) is 33.9 Å². The lowest BCUT2D eigenvalue weighted by molar-refractivity contribution is -0.137. The molecule has 0 atom stereocenters. The number of nitrogens with zero attached hydrogens (tertiary/aromatic N) is 2. The number of benzene rings is 1. The van der Waals surface area contributed by atoms with E-state index in [2.05, 4.69) is 0 Å². The zero-order valence-corrected chi connectivity index (χ0v) is 17.3. The number of hydrogen-bond donors (Lipinski definition) is 2. The molecule has 158 valence electrons. The van der Waals surface area contributed by atoms with Gasteiger partial charge in [-0.1, -0.05) is 12.1 Å². The molecule has 0 aliphatic carbocycles. The molecule has 3 N–H and O–H groups in total. The number of thiophene rings is 1. The van der Waals surface area contributed by atoms with E-state index in [0.717, 1.165) is 16.9 Å². The first-order chi connectivity index (χ1) is 14.2. The molecule has 0 spiro atoms. The lowest BCUT2D eigenvalue weighted by Gasteiger charge is -2.11. The van der Waals surface area contributed by atoms with Crippen LogP contribution < -0.4 is 17.0 Å². The molecule has 0 unspecified atom stereocenters. The number of nitrogen functional groups attached to an aromatic ring is 1. The fourth-order valence-corrected chi connectivity index (χ4v) is 4.40. The van der Waals surface area contributed by atoms with Gasteiger partial charge in [0.05, 0.1) is 12.0 Å². The van der Waals surface area contributed by atoms with Gasteiger partial charge in [-0.3, -0.25) is 14.2 Å². The molecule has 2 aromatic heterocycles. The van der Waals surface area contributed by atoms with Crippen molar-refractivity contribution < 1.29 is 19.4 Å². The van der Waals surface area contributed by atoms with E-state index in [1.165, 1.54) is 4.57 Å². The standard InChI is InChI=1S/C20H21N3O6S/c1-3-29-19(27)16-11(2)15-17(26)23(10-14(24)25)20(28)22(18(15)30-16)9-8-12-4-6-13(21)7-5-12/h4-7H,3,8-10,21H2,1-2H3,(H,24,25). The number of fused-ring (bicyclic) bond motifs is 1. The predicted molar refractivity (Wildman–Crippen MR) is 113 cm³/mol. The molecule has 0 aliphatic heterocycles.